The van der Waals surface area contributed by atoms with Crippen LogP contribution in [0.2, 0.25) is 0 Å². The number of phenolic OH excluding ortho intramolecular Hbond substituents is 1. The third-order valence-electron chi connectivity index (χ3n) is 1.90. The molecular weight excluding hydrogens is 166 g/mol. The van der Waals surface area contributed by atoms with Gasteiger partial charge in [0.05, 0.1) is 0 Å². The van der Waals surface area contributed by atoms with Gasteiger partial charge in [0.1, 0.15) is 17.2 Å². The van der Waals surface area contributed by atoms with Gasteiger partial charge in [-0.15, -0.1) is 0 Å². The molecule has 0 aliphatic rings. The van der Waals surface area contributed by atoms with Crippen molar-refractivity contribution >= 4 is 0 Å². The van der Waals surface area contributed by atoms with Gasteiger partial charge in [0.15, 0.2) is 6.39 Å². The van der Waals surface area contributed by atoms with Crippen molar-refractivity contribution in [3.63, 3.8) is 0 Å². The van der Waals surface area contributed by atoms with Crippen molar-refractivity contribution < 1.29 is 9.52 Å². The molecule has 0 aliphatic carbocycles. The summed E-state index contributed by atoms with van der Waals surface area (Å²) < 4.78 is 5.05. The number of hydrogen-bond donors (Lipinski definition) is 1. The zero-order valence-corrected chi connectivity index (χ0v) is 7.19. The largest absolute Gasteiger partial charge is 0.507 e. The first-order valence-electron chi connectivity index (χ1n) is 3.97. The first-order chi connectivity index (χ1) is 6.29. The lowest BCUT2D eigenvalue weighted by molar-refractivity contribution is 0.476. The van der Waals surface area contributed by atoms with Gasteiger partial charge in [-0.2, -0.15) is 0 Å². The molecule has 0 aliphatic heterocycles. The van der Waals surface area contributed by atoms with E-state index in [1.165, 1.54) is 6.39 Å². The summed E-state index contributed by atoms with van der Waals surface area (Å²) in [5, 5.41) is 9.53. The summed E-state index contributed by atoms with van der Waals surface area (Å²) in [5.74, 6) is 0.931. The quantitative estimate of drug-likeness (QED) is 0.723. The Kier molecular flexibility index (Phi) is 1.77. The highest BCUT2D eigenvalue weighted by molar-refractivity contribution is 5.67. The molecule has 0 saturated heterocycles. The second kappa shape index (κ2) is 2.94. The van der Waals surface area contributed by atoms with Gasteiger partial charge in [-0.25, -0.2) is 4.98 Å². The third-order valence-corrected chi connectivity index (χ3v) is 1.90. The van der Waals surface area contributed by atoms with Gasteiger partial charge in [0.25, 0.3) is 0 Å². The van der Waals surface area contributed by atoms with E-state index in [-0.39, 0.29) is 5.75 Å². The van der Waals surface area contributed by atoms with E-state index in [1.807, 2.05) is 13.0 Å². The van der Waals surface area contributed by atoms with E-state index in [2.05, 4.69) is 4.98 Å². The van der Waals surface area contributed by atoms with E-state index in [0.717, 1.165) is 0 Å². The Bertz CT molecular complexity index is 420. The predicted molar refractivity (Wildman–Crippen MR) is 48.3 cm³/mol. The number of para-hydroxylation sites is 1. The third kappa shape index (κ3) is 1.28. The van der Waals surface area contributed by atoms with Crippen LogP contribution in [0.5, 0.6) is 5.75 Å². The number of benzene rings is 1. The molecule has 0 spiro atoms. The zero-order chi connectivity index (χ0) is 9.26. The predicted octanol–water partition coefficient (Wildman–Crippen LogP) is 2.36. The van der Waals surface area contributed by atoms with Crippen molar-refractivity contribution in [1.29, 1.82) is 0 Å². The SMILES string of the molecule is Cc1ocnc1-c1ccccc1O. The van der Waals surface area contributed by atoms with Gasteiger partial charge < -0.3 is 9.52 Å². The maximum Gasteiger partial charge on any atom is 0.181 e. The first-order valence-corrected chi connectivity index (χ1v) is 3.97. The summed E-state index contributed by atoms with van der Waals surface area (Å²) in [6, 6.07) is 7.06. The molecule has 0 amide bonds. The number of rotatable bonds is 1. The van der Waals surface area contributed by atoms with Crippen LogP contribution in [-0.4, -0.2) is 10.1 Å². The van der Waals surface area contributed by atoms with Gasteiger partial charge >= 0.3 is 0 Å². The Morgan fingerprint density at radius 2 is 2.08 bits per heavy atom. The minimum atomic E-state index is 0.222. The number of nitrogens with zero attached hydrogens (tertiary/aromatic N) is 1. The average Bonchev–Trinajstić information content (AvgIpc) is 2.52. The van der Waals surface area contributed by atoms with Crippen LogP contribution in [0.15, 0.2) is 35.1 Å². The molecule has 2 rings (SSSR count). The number of aromatic hydroxyl groups is 1. The molecule has 1 N–H and O–H groups in total. The van der Waals surface area contributed by atoms with E-state index in [4.69, 9.17) is 4.42 Å². The van der Waals surface area contributed by atoms with Gasteiger partial charge in [-0.3, -0.25) is 0 Å². The molecule has 0 atom stereocenters. The molecule has 3 heteroatoms. The fourth-order valence-electron chi connectivity index (χ4n) is 1.24. The Labute approximate surface area is 75.7 Å². The van der Waals surface area contributed by atoms with Crippen molar-refractivity contribution in [2.45, 2.75) is 6.92 Å². The highest BCUT2D eigenvalue weighted by Crippen LogP contribution is 2.29. The monoisotopic (exact) mass is 175 g/mol. The molecule has 1 aromatic carbocycles. The fourth-order valence-corrected chi connectivity index (χ4v) is 1.24. The number of oxazole rings is 1. The summed E-state index contributed by atoms with van der Waals surface area (Å²) in [4.78, 5) is 4.02. The summed E-state index contributed by atoms with van der Waals surface area (Å²) in [7, 11) is 0. The summed E-state index contributed by atoms with van der Waals surface area (Å²) in [5.41, 5.74) is 1.40. The lowest BCUT2D eigenvalue weighted by Crippen LogP contribution is -1.80. The molecule has 13 heavy (non-hydrogen) atoms. The first kappa shape index (κ1) is 7.86. The highest BCUT2D eigenvalue weighted by Gasteiger charge is 2.09. The van der Waals surface area contributed by atoms with E-state index in [1.54, 1.807) is 18.2 Å². The van der Waals surface area contributed by atoms with Gasteiger partial charge in [-0.05, 0) is 19.1 Å². The van der Waals surface area contributed by atoms with Crippen LogP contribution in [0.25, 0.3) is 11.3 Å². The Hall–Kier alpha value is -1.77. The van der Waals surface area contributed by atoms with Crippen LogP contribution in [0.1, 0.15) is 5.76 Å². The second-order valence-corrected chi connectivity index (χ2v) is 2.77. The summed E-state index contributed by atoms with van der Waals surface area (Å²) in [6.45, 7) is 1.81. The summed E-state index contributed by atoms with van der Waals surface area (Å²) in [6.07, 6.45) is 1.37. The van der Waals surface area contributed by atoms with E-state index < -0.39 is 0 Å². The van der Waals surface area contributed by atoms with Crippen LogP contribution in [-0.2, 0) is 0 Å². The summed E-state index contributed by atoms with van der Waals surface area (Å²) >= 11 is 0. The van der Waals surface area contributed by atoms with Gasteiger partial charge in [0.2, 0.25) is 0 Å². The average molecular weight is 175 g/mol. The number of phenols is 1. The standard InChI is InChI=1S/C10H9NO2/c1-7-10(11-6-13-7)8-4-2-3-5-9(8)12/h2-6,12H,1H3. The van der Waals surface area contributed by atoms with Crippen molar-refractivity contribution in [1.82, 2.24) is 4.98 Å². The lowest BCUT2D eigenvalue weighted by Gasteiger charge is -1.99. The minimum absolute atomic E-state index is 0.222. The lowest BCUT2D eigenvalue weighted by atomic mass is 10.1. The van der Waals surface area contributed by atoms with Crippen LogP contribution in [0.4, 0.5) is 0 Å². The smallest absolute Gasteiger partial charge is 0.181 e. The molecule has 1 aromatic heterocycles. The molecule has 66 valence electrons. The van der Waals surface area contributed by atoms with E-state index in [0.29, 0.717) is 17.0 Å². The van der Waals surface area contributed by atoms with Crippen LogP contribution in [0.3, 0.4) is 0 Å². The molecular formula is C10H9NO2. The Morgan fingerprint density at radius 3 is 2.69 bits per heavy atom. The Morgan fingerprint density at radius 1 is 1.31 bits per heavy atom. The number of aromatic nitrogens is 1. The van der Waals surface area contributed by atoms with Crippen LogP contribution < -0.4 is 0 Å². The molecule has 0 unspecified atom stereocenters. The molecule has 0 bridgehead atoms. The van der Waals surface area contributed by atoms with Crippen molar-refractivity contribution in [3.8, 4) is 17.0 Å². The topological polar surface area (TPSA) is 46.3 Å². The van der Waals surface area contributed by atoms with Crippen molar-refractivity contribution in [3.05, 3.63) is 36.4 Å². The fraction of sp³-hybridized carbons (Fsp3) is 0.100. The maximum atomic E-state index is 9.53. The number of aryl methyl sites for hydroxylation is 1. The highest BCUT2D eigenvalue weighted by atomic mass is 16.3. The van der Waals surface area contributed by atoms with Crippen LogP contribution >= 0.6 is 0 Å². The molecule has 1 heterocycles. The zero-order valence-electron chi connectivity index (χ0n) is 7.19. The van der Waals surface area contributed by atoms with Crippen molar-refractivity contribution in [2.24, 2.45) is 0 Å². The van der Waals surface area contributed by atoms with Gasteiger partial charge in [-0.1, -0.05) is 12.1 Å². The van der Waals surface area contributed by atoms with E-state index >= 15 is 0 Å². The molecule has 2 aromatic rings. The van der Waals surface area contributed by atoms with Gasteiger partial charge in [0, 0.05) is 5.56 Å². The number of hydrogen-bond acceptors (Lipinski definition) is 3. The second-order valence-electron chi connectivity index (χ2n) is 2.77. The molecule has 0 fully saturated rings. The Balaban J connectivity index is 2.59. The molecule has 0 radical (unpaired) electrons. The normalized spacial score (nSPS) is 10.2. The molecule has 3 nitrogen and oxygen atoms in total. The minimum Gasteiger partial charge on any atom is -0.507 e. The molecule has 0 saturated carbocycles. The maximum absolute atomic E-state index is 9.53. The van der Waals surface area contributed by atoms with Crippen molar-refractivity contribution in [2.75, 3.05) is 0 Å². The van der Waals surface area contributed by atoms with Crippen LogP contribution in [0, 0.1) is 6.92 Å². The van der Waals surface area contributed by atoms with E-state index in [9.17, 15) is 5.11 Å².